The Morgan fingerprint density at radius 3 is 2.65 bits per heavy atom. The molecule has 0 spiro atoms. The minimum atomic E-state index is -0.218. The highest BCUT2D eigenvalue weighted by molar-refractivity contribution is 5.81. The summed E-state index contributed by atoms with van der Waals surface area (Å²) < 4.78 is 13.0. The van der Waals surface area contributed by atoms with E-state index in [0.717, 1.165) is 24.0 Å². The third-order valence-electron chi connectivity index (χ3n) is 3.54. The van der Waals surface area contributed by atoms with Gasteiger partial charge < -0.3 is 10.6 Å². The summed E-state index contributed by atoms with van der Waals surface area (Å²) in [6.45, 7) is 8.49. The van der Waals surface area contributed by atoms with Crippen molar-refractivity contribution in [1.29, 1.82) is 0 Å². The summed E-state index contributed by atoms with van der Waals surface area (Å²) in [5.41, 5.74) is 2.05. The van der Waals surface area contributed by atoms with Crippen LogP contribution in [0.4, 0.5) is 4.39 Å². The first kappa shape index (κ1) is 16.6. The normalized spacial score (nSPS) is 13.8. The largest absolute Gasteiger partial charge is 0.352 e. The number of carbonyl (C=O) groups excluding carboxylic acids is 1. The number of benzene rings is 1. The Morgan fingerprint density at radius 2 is 2.05 bits per heavy atom. The zero-order chi connectivity index (χ0) is 15.1. The van der Waals surface area contributed by atoms with Crippen LogP contribution in [0.2, 0.25) is 0 Å². The zero-order valence-electron chi connectivity index (χ0n) is 12.8. The van der Waals surface area contributed by atoms with Gasteiger partial charge in [0, 0.05) is 6.04 Å². The molecule has 0 fully saturated rings. The molecule has 20 heavy (non-hydrogen) atoms. The monoisotopic (exact) mass is 280 g/mol. The average Bonchev–Trinajstić information content (AvgIpc) is 2.40. The Labute approximate surface area is 121 Å². The minimum Gasteiger partial charge on any atom is -0.352 e. The molecule has 1 amide bonds. The first-order valence-corrected chi connectivity index (χ1v) is 7.22. The van der Waals surface area contributed by atoms with Crippen LogP contribution in [0.25, 0.3) is 0 Å². The Hall–Kier alpha value is -1.42. The molecule has 0 aromatic heterocycles. The maximum absolute atomic E-state index is 13.0. The highest BCUT2D eigenvalue weighted by atomic mass is 19.1. The molecule has 0 heterocycles. The molecule has 112 valence electrons. The van der Waals surface area contributed by atoms with Crippen LogP contribution >= 0.6 is 0 Å². The van der Waals surface area contributed by atoms with Gasteiger partial charge >= 0.3 is 0 Å². The second-order valence-electron chi connectivity index (χ2n) is 5.31. The van der Waals surface area contributed by atoms with Crippen molar-refractivity contribution in [2.75, 3.05) is 6.54 Å². The van der Waals surface area contributed by atoms with Crippen molar-refractivity contribution in [3.05, 3.63) is 35.1 Å². The summed E-state index contributed by atoms with van der Waals surface area (Å²) in [5, 5.41) is 6.14. The lowest BCUT2D eigenvalue weighted by Gasteiger charge is -2.17. The van der Waals surface area contributed by atoms with Crippen LogP contribution in [0.1, 0.15) is 38.3 Å². The van der Waals surface area contributed by atoms with Gasteiger partial charge in [0.2, 0.25) is 5.91 Å². The number of rotatable bonds is 7. The fourth-order valence-electron chi connectivity index (χ4n) is 1.93. The van der Waals surface area contributed by atoms with E-state index in [0.29, 0.717) is 6.54 Å². The summed E-state index contributed by atoms with van der Waals surface area (Å²) in [6.07, 6.45) is 1.71. The van der Waals surface area contributed by atoms with Gasteiger partial charge in [-0.15, -0.1) is 0 Å². The Bertz CT molecular complexity index is 448. The Balaban J connectivity index is 2.38. The highest BCUT2D eigenvalue weighted by Crippen LogP contribution is 2.10. The molecule has 3 nitrogen and oxygen atoms in total. The van der Waals surface area contributed by atoms with Crippen molar-refractivity contribution >= 4 is 5.91 Å². The maximum atomic E-state index is 13.0. The molecule has 1 rings (SSSR count). The molecule has 0 aliphatic carbocycles. The lowest BCUT2D eigenvalue weighted by Crippen LogP contribution is -2.45. The van der Waals surface area contributed by atoms with E-state index in [1.807, 2.05) is 27.7 Å². The Morgan fingerprint density at radius 1 is 1.35 bits per heavy atom. The van der Waals surface area contributed by atoms with Gasteiger partial charge in [0.05, 0.1) is 6.04 Å². The van der Waals surface area contributed by atoms with Gasteiger partial charge in [-0.1, -0.05) is 13.0 Å². The molecule has 0 aliphatic rings. The number of hydrogen-bond acceptors (Lipinski definition) is 2. The first-order chi connectivity index (χ1) is 9.43. The molecule has 2 N–H and O–H groups in total. The molecule has 1 aromatic rings. The van der Waals surface area contributed by atoms with Crippen LogP contribution in [0.5, 0.6) is 0 Å². The number of halogens is 1. The van der Waals surface area contributed by atoms with Crippen molar-refractivity contribution in [3.63, 3.8) is 0 Å². The maximum Gasteiger partial charge on any atom is 0.237 e. The van der Waals surface area contributed by atoms with Crippen molar-refractivity contribution in [3.8, 4) is 0 Å². The number of hydrogen-bond donors (Lipinski definition) is 2. The molecule has 0 bridgehead atoms. The van der Waals surface area contributed by atoms with Gasteiger partial charge in [-0.05, 0) is 63.4 Å². The summed E-state index contributed by atoms with van der Waals surface area (Å²) in [5.74, 6) is -0.185. The van der Waals surface area contributed by atoms with Crippen LogP contribution in [-0.4, -0.2) is 24.5 Å². The van der Waals surface area contributed by atoms with E-state index >= 15 is 0 Å². The lowest BCUT2D eigenvalue weighted by atomic mass is 10.1. The quantitative estimate of drug-likeness (QED) is 0.806. The third-order valence-corrected chi connectivity index (χ3v) is 3.54. The number of aryl methyl sites for hydroxylation is 1. The van der Waals surface area contributed by atoms with Crippen LogP contribution in [0.3, 0.4) is 0 Å². The summed E-state index contributed by atoms with van der Waals surface area (Å²) in [4.78, 5) is 11.8. The van der Waals surface area contributed by atoms with Gasteiger partial charge in [-0.25, -0.2) is 4.39 Å². The van der Waals surface area contributed by atoms with Crippen LogP contribution in [0, 0.1) is 12.7 Å². The average molecular weight is 280 g/mol. The molecule has 0 radical (unpaired) electrons. The van der Waals surface area contributed by atoms with Gasteiger partial charge in [0.25, 0.3) is 0 Å². The van der Waals surface area contributed by atoms with Crippen molar-refractivity contribution in [2.24, 2.45) is 0 Å². The van der Waals surface area contributed by atoms with Gasteiger partial charge in [0.1, 0.15) is 5.82 Å². The van der Waals surface area contributed by atoms with Gasteiger partial charge in [0.15, 0.2) is 0 Å². The van der Waals surface area contributed by atoms with E-state index in [1.54, 1.807) is 6.07 Å². The van der Waals surface area contributed by atoms with Crippen molar-refractivity contribution < 1.29 is 9.18 Å². The van der Waals surface area contributed by atoms with Crippen molar-refractivity contribution in [2.45, 2.75) is 52.6 Å². The van der Waals surface area contributed by atoms with Gasteiger partial charge in [-0.3, -0.25) is 4.79 Å². The summed E-state index contributed by atoms with van der Waals surface area (Å²) >= 11 is 0. The molecule has 2 unspecified atom stereocenters. The molecule has 0 aliphatic heterocycles. The molecule has 1 aromatic carbocycles. The molecule has 2 atom stereocenters. The topological polar surface area (TPSA) is 41.1 Å². The van der Waals surface area contributed by atoms with Crippen molar-refractivity contribution in [1.82, 2.24) is 10.6 Å². The number of nitrogens with one attached hydrogen (secondary N) is 2. The first-order valence-electron chi connectivity index (χ1n) is 7.22. The van der Waals surface area contributed by atoms with E-state index in [2.05, 4.69) is 10.6 Å². The minimum absolute atomic E-state index is 0.0233. The van der Waals surface area contributed by atoms with Crippen LogP contribution < -0.4 is 10.6 Å². The summed E-state index contributed by atoms with van der Waals surface area (Å²) in [7, 11) is 0. The second-order valence-corrected chi connectivity index (χ2v) is 5.31. The van der Waals surface area contributed by atoms with E-state index < -0.39 is 0 Å². The number of amides is 1. The SMILES string of the molecule is CCC(C)NC(=O)C(C)NCCc1ccc(F)cc1C. The fraction of sp³-hybridized carbons (Fsp3) is 0.562. The smallest absolute Gasteiger partial charge is 0.237 e. The zero-order valence-corrected chi connectivity index (χ0v) is 12.8. The molecule has 0 saturated heterocycles. The van der Waals surface area contributed by atoms with E-state index in [9.17, 15) is 9.18 Å². The molecule has 0 saturated carbocycles. The van der Waals surface area contributed by atoms with Crippen LogP contribution in [-0.2, 0) is 11.2 Å². The lowest BCUT2D eigenvalue weighted by molar-refractivity contribution is -0.123. The number of carbonyl (C=O) groups is 1. The second kappa shape index (κ2) is 8.00. The highest BCUT2D eigenvalue weighted by Gasteiger charge is 2.13. The predicted molar refractivity (Wildman–Crippen MR) is 80.2 cm³/mol. The predicted octanol–water partition coefficient (Wildman–Crippen LogP) is 2.57. The van der Waals surface area contributed by atoms with Gasteiger partial charge in [-0.2, -0.15) is 0 Å². The molecular weight excluding hydrogens is 255 g/mol. The van der Waals surface area contributed by atoms with E-state index in [-0.39, 0.29) is 23.8 Å². The van der Waals surface area contributed by atoms with E-state index in [1.165, 1.54) is 12.1 Å². The third kappa shape index (κ3) is 5.29. The molecular formula is C16H25FN2O. The molecule has 4 heteroatoms. The summed E-state index contributed by atoms with van der Waals surface area (Å²) in [6, 6.07) is 4.79. The standard InChI is InChI=1S/C16H25FN2O/c1-5-12(3)19-16(20)13(4)18-9-8-14-6-7-15(17)10-11(14)2/h6-7,10,12-13,18H,5,8-9H2,1-4H3,(H,19,20). The van der Waals surface area contributed by atoms with E-state index in [4.69, 9.17) is 0 Å². The Kier molecular flexibility index (Phi) is 6.65. The van der Waals surface area contributed by atoms with Crippen LogP contribution in [0.15, 0.2) is 18.2 Å². The fourth-order valence-corrected chi connectivity index (χ4v) is 1.93.